The van der Waals surface area contributed by atoms with E-state index in [1.807, 2.05) is 74.6 Å². The van der Waals surface area contributed by atoms with E-state index >= 15 is 0 Å². The number of para-hydroxylation sites is 3. The Kier molecular flexibility index (Phi) is 10.7. The van der Waals surface area contributed by atoms with Crippen molar-refractivity contribution in [3.8, 4) is 39.5 Å². The molecule has 0 N–H and O–H groups in total. The minimum Gasteiger partial charge on any atom is -0.501 e. The maximum absolute atomic E-state index is 8.44. The third-order valence-corrected chi connectivity index (χ3v) is 14.8. The Morgan fingerprint density at radius 1 is 0.707 bits per heavy atom. The van der Waals surface area contributed by atoms with Crippen LogP contribution < -0.4 is 4.40 Å². The number of hydrogen-bond acceptors (Lipinski definition) is 3. The molecule has 287 valence electrons. The van der Waals surface area contributed by atoms with Crippen LogP contribution in [0, 0.1) is 12.1 Å². The molecule has 0 atom stereocenters. The summed E-state index contributed by atoms with van der Waals surface area (Å²) in [5.74, 6) is 7.26. The Balaban J connectivity index is 0.000000197. The van der Waals surface area contributed by atoms with Crippen LogP contribution in [0.4, 0.5) is 0 Å². The Hall–Kier alpha value is -5.59. The fourth-order valence-corrected chi connectivity index (χ4v) is 11.1. The second kappa shape index (κ2) is 16.3. The average Bonchev–Trinajstić information content (AvgIpc) is 3.82. The minimum atomic E-state index is -2.03. The van der Waals surface area contributed by atoms with Crippen molar-refractivity contribution >= 4 is 61.4 Å². The van der Waals surface area contributed by atoms with E-state index in [0.717, 1.165) is 83.4 Å². The van der Waals surface area contributed by atoms with Gasteiger partial charge in [0.05, 0.1) is 28.1 Å². The molecule has 0 spiro atoms. The number of fused-ring (bicyclic) bond motifs is 5. The van der Waals surface area contributed by atoms with E-state index in [1.165, 1.54) is 9.78 Å². The molecular formula is C52H43GeIrN3O-2. The molecule has 10 aromatic rings. The Bertz CT molecular complexity index is 3090. The molecule has 0 fully saturated rings. The summed E-state index contributed by atoms with van der Waals surface area (Å²) < 4.78 is 18.5. The zero-order chi connectivity index (χ0) is 40.0. The molecule has 1 radical (unpaired) electrons. The number of rotatable bonds is 6. The van der Waals surface area contributed by atoms with Gasteiger partial charge >= 0.3 is 120 Å². The van der Waals surface area contributed by atoms with Gasteiger partial charge in [0.15, 0.2) is 0 Å². The van der Waals surface area contributed by atoms with Gasteiger partial charge in [0.25, 0.3) is 0 Å². The Labute approximate surface area is 357 Å². The molecular weight excluding hydrogens is 947 g/mol. The first-order valence-corrected chi connectivity index (χ1v) is 26.8. The van der Waals surface area contributed by atoms with Gasteiger partial charge in [-0.15, -0.1) is 18.2 Å². The van der Waals surface area contributed by atoms with E-state index in [9.17, 15) is 0 Å². The largest absolute Gasteiger partial charge is 0.501 e. The summed E-state index contributed by atoms with van der Waals surface area (Å²) in [5.41, 5.74) is 10.9. The number of aromatic nitrogens is 3. The molecule has 0 unspecified atom stereocenters. The molecule has 0 aliphatic rings. The average molecular weight is 992 g/mol. The SMILES string of the molecule is [2H]C(C)(C)c1cc(-c2[c-]cccc2)nc[c]1[Ge]([CH3])([CH3])[CH3].[Ir].[c-]1ccc2c(oc3ccccc32)c1-c1nc2ccccc2n1-c1c(-c2ccccc2)ccc2ccccc12. The first-order valence-electron chi connectivity index (χ1n) is 19.9. The second-order valence-electron chi connectivity index (χ2n) is 15.6. The normalized spacial score (nSPS) is 12.0. The maximum atomic E-state index is 8.44. The number of benzene rings is 7. The van der Waals surface area contributed by atoms with E-state index in [0.29, 0.717) is 0 Å². The molecule has 10 rings (SSSR count). The van der Waals surface area contributed by atoms with E-state index in [1.54, 1.807) is 0 Å². The summed E-state index contributed by atoms with van der Waals surface area (Å²) in [7, 11) is 0. The van der Waals surface area contributed by atoms with Crippen molar-refractivity contribution in [2.75, 3.05) is 0 Å². The number of nitrogens with zero attached hydrogens (tertiary/aromatic N) is 3. The zero-order valence-corrected chi connectivity index (χ0v) is 37.7. The van der Waals surface area contributed by atoms with Gasteiger partial charge in [0.1, 0.15) is 5.58 Å². The van der Waals surface area contributed by atoms with Crippen molar-refractivity contribution in [1.82, 2.24) is 14.5 Å². The molecule has 3 aromatic heterocycles. The number of imidazole rings is 1. The standard InChI is InChI=1S/C35H21N2O.C17H22GeN.Ir/c1-2-11-23(12-3-1)26-22-21-24-13-4-5-14-25(24)33(26)37-31-19-8-7-18-30(31)36-35(37)29-17-10-16-28-27-15-6-9-20-32(27)38-34(28)29;1-13(2)15-11-17(14-9-7-6-8-10-14)19-12-16(15)18(3,4)5;/h1-16,18-22H;6-9,11-13H,1-5H3;/q2*-1;/i;13D;. The predicted octanol–water partition coefficient (Wildman–Crippen LogP) is 13.4. The maximum Gasteiger partial charge on any atom is 0.120 e. The van der Waals surface area contributed by atoms with E-state index in [2.05, 4.69) is 142 Å². The van der Waals surface area contributed by atoms with E-state index < -0.39 is 19.2 Å². The van der Waals surface area contributed by atoms with Crippen molar-refractivity contribution in [3.05, 3.63) is 182 Å². The van der Waals surface area contributed by atoms with Crippen LogP contribution in [0.2, 0.25) is 17.3 Å². The fraction of sp³-hybridized carbons (Fsp3) is 0.115. The molecule has 3 heterocycles. The first kappa shape index (κ1) is 38.0. The third-order valence-electron chi connectivity index (χ3n) is 10.6. The number of pyridine rings is 1. The topological polar surface area (TPSA) is 43.9 Å². The first-order chi connectivity index (χ1) is 28.1. The van der Waals surface area contributed by atoms with Crippen LogP contribution in [-0.4, -0.2) is 27.8 Å². The Morgan fingerprint density at radius 2 is 1.43 bits per heavy atom. The smallest absolute Gasteiger partial charge is 0.120 e. The van der Waals surface area contributed by atoms with Crippen molar-refractivity contribution in [2.24, 2.45) is 0 Å². The van der Waals surface area contributed by atoms with Crippen LogP contribution >= 0.6 is 0 Å². The van der Waals surface area contributed by atoms with E-state index in [-0.39, 0.29) is 20.1 Å². The van der Waals surface area contributed by atoms with Gasteiger partial charge < -0.3 is 8.98 Å². The van der Waals surface area contributed by atoms with Gasteiger partial charge in [-0.3, -0.25) is 4.98 Å². The summed E-state index contributed by atoms with van der Waals surface area (Å²) in [6, 6.07) is 60.7. The van der Waals surface area contributed by atoms with Crippen LogP contribution in [0.1, 0.15) is 26.7 Å². The van der Waals surface area contributed by atoms with Crippen LogP contribution in [0.25, 0.3) is 83.2 Å². The van der Waals surface area contributed by atoms with Gasteiger partial charge in [0.2, 0.25) is 0 Å². The van der Waals surface area contributed by atoms with Gasteiger partial charge in [-0.2, -0.15) is 0 Å². The number of furan rings is 1. The van der Waals surface area contributed by atoms with Gasteiger partial charge in [-0.25, -0.2) is 0 Å². The summed E-state index contributed by atoms with van der Waals surface area (Å²) in [6.07, 6.45) is 2.00. The summed E-state index contributed by atoms with van der Waals surface area (Å²) in [5, 5.41) is 4.50. The van der Waals surface area contributed by atoms with E-state index in [4.69, 9.17) is 10.8 Å². The van der Waals surface area contributed by atoms with Crippen LogP contribution in [0.5, 0.6) is 0 Å². The molecule has 0 saturated carbocycles. The van der Waals surface area contributed by atoms with Gasteiger partial charge in [-0.05, 0) is 29.1 Å². The molecule has 6 heteroatoms. The van der Waals surface area contributed by atoms with Crippen LogP contribution in [0.3, 0.4) is 0 Å². The molecule has 0 aliphatic heterocycles. The quantitative estimate of drug-likeness (QED) is 0.123. The number of hydrogen-bond donors (Lipinski definition) is 0. The monoisotopic (exact) mass is 993 g/mol. The molecule has 0 aliphatic carbocycles. The van der Waals surface area contributed by atoms with Crippen molar-refractivity contribution in [2.45, 2.75) is 37.0 Å². The summed E-state index contributed by atoms with van der Waals surface area (Å²) in [6.45, 7) is 3.91. The van der Waals surface area contributed by atoms with Crippen LogP contribution in [-0.2, 0) is 20.1 Å². The molecule has 0 bridgehead atoms. The summed E-state index contributed by atoms with van der Waals surface area (Å²) in [4.78, 5) is 9.81. The zero-order valence-electron chi connectivity index (χ0n) is 34.2. The molecule has 58 heavy (non-hydrogen) atoms. The van der Waals surface area contributed by atoms with Crippen molar-refractivity contribution in [3.63, 3.8) is 0 Å². The van der Waals surface area contributed by atoms with Crippen molar-refractivity contribution < 1.29 is 25.9 Å². The Morgan fingerprint density at radius 3 is 2.21 bits per heavy atom. The fourth-order valence-electron chi connectivity index (χ4n) is 7.79. The van der Waals surface area contributed by atoms with Gasteiger partial charge in [0, 0.05) is 36.4 Å². The van der Waals surface area contributed by atoms with Crippen LogP contribution in [0.15, 0.2) is 168 Å². The molecule has 0 amide bonds. The molecule has 4 nitrogen and oxygen atoms in total. The minimum absolute atomic E-state index is 0. The predicted molar refractivity (Wildman–Crippen MR) is 241 cm³/mol. The molecule has 0 saturated heterocycles. The third kappa shape index (κ3) is 7.35. The molecule has 7 aromatic carbocycles. The van der Waals surface area contributed by atoms with Crippen molar-refractivity contribution in [1.29, 1.82) is 0 Å². The summed E-state index contributed by atoms with van der Waals surface area (Å²) >= 11 is -2.03. The second-order valence-corrected chi connectivity index (χ2v) is 26.2. The van der Waals surface area contributed by atoms with Gasteiger partial charge in [-0.1, -0.05) is 108 Å².